The van der Waals surface area contributed by atoms with Crippen LogP contribution >= 0.6 is 0 Å². The highest BCUT2D eigenvalue weighted by atomic mass is 16.4. The van der Waals surface area contributed by atoms with Crippen LogP contribution in [0.2, 0.25) is 0 Å². The zero-order valence-electron chi connectivity index (χ0n) is 11.0. The van der Waals surface area contributed by atoms with Gasteiger partial charge in [-0.15, -0.1) is 0 Å². The van der Waals surface area contributed by atoms with Gasteiger partial charge < -0.3 is 16.2 Å². The molecule has 0 spiro atoms. The van der Waals surface area contributed by atoms with Gasteiger partial charge in [0.15, 0.2) is 0 Å². The van der Waals surface area contributed by atoms with Crippen molar-refractivity contribution >= 4 is 11.9 Å². The Labute approximate surface area is 103 Å². The molecule has 0 heterocycles. The van der Waals surface area contributed by atoms with E-state index in [-0.39, 0.29) is 12.3 Å². The maximum atomic E-state index is 11.5. The van der Waals surface area contributed by atoms with Crippen LogP contribution in [0.15, 0.2) is 0 Å². The number of aliphatic carboxylic acids is 1. The number of hydrogen-bond donors (Lipinski definition) is 3. The number of nitrogens with two attached hydrogens (primary N) is 1. The highest BCUT2D eigenvalue weighted by Crippen LogP contribution is 2.07. The van der Waals surface area contributed by atoms with Crippen molar-refractivity contribution in [3.63, 3.8) is 0 Å². The van der Waals surface area contributed by atoms with Crippen molar-refractivity contribution in [1.29, 1.82) is 0 Å². The maximum Gasteiger partial charge on any atom is 0.326 e. The zero-order valence-corrected chi connectivity index (χ0v) is 11.0. The summed E-state index contributed by atoms with van der Waals surface area (Å²) in [4.78, 5) is 22.4. The van der Waals surface area contributed by atoms with E-state index in [2.05, 4.69) is 5.32 Å². The van der Waals surface area contributed by atoms with Crippen molar-refractivity contribution in [2.75, 3.05) is 0 Å². The fraction of sp³-hybridized carbons (Fsp3) is 0.833. The molecule has 0 bridgehead atoms. The van der Waals surface area contributed by atoms with Crippen molar-refractivity contribution in [3.8, 4) is 0 Å². The van der Waals surface area contributed by atoms with Crippen LogP contribution in [0.3, 0.4) is 0 Å². The Kier molecular flexibility index (Phi) is 6.80. The van der Waals surface area contributed by atoms with Gasteiger partial charge in [0.1, 0.15) is 6.04 Å². The minimum Gasteiger partial charge on any atom is -0.480 e. The van der Waals surface area contributed by atoms with Gasteiger partial charge in [0.25, 0.3) is 0 Å². The Hall–Kier alpha value is -1.10. The first-order valence-corrected chi connectivity index (χ1v) is 6.07. The van der Waals surface area contributed by atoms with Crippen LogP contribution in [-0.4, -0.2) is 28.6 Å². The number of carboxylic acids is 1. The minimum absolute atomic E-state index is 0.243. The number of rotatable bonds is 8. The fourth-order valence-electron chi connectivity index (χ4n) is 1.37. The number of nitrogens with one attached hydrogen (secondary N) is 1. The van der Waals surface area contributed by atoms with E-state index < -0.39 is 17.6 Å². The monoisotopic (exact) mass is 244 g/mol. The van der Waals surface area contributed by atoms with Crippen LogP contribution in [0.25, 0.3) is 0 Å². The lowest BCUT2D eigenvalue weighted by molar-refractivity contribution is -0.142. The van der Waals surface area contributed by atoms with Gasteiger partial charge in [-0.1, -0.05) is 19.8 Å². The third-order valence-electron chi connectivity index (χ3n) is 2.48. The molecule has 5 heteroatoms. The second kappa shape index (κ2) is 7.27. The smallest absolute Gasteiger partial charge is 0.326 e. The highest BCUT2D eigenvalue weighted by Gasteiger charge is 2.20. The summed E-state index contributed by atoms with van der Waals surface area (Å²) in [5.41, 5.74) is 5.35. The highest BCUT2D eigenvalue weighted by molar-refractivity contribution is 5.83. The van der Waals surface area contributed by atoms with Crippen molar-refractivity contribution < 1.29 is 14.7 Å². The number of carbonyl (C=O) groups is 2. The second-order valence-corrected chi connectivity index (χ2v) is 5.09. The van der Waals surface area contributed by atoms with Crippen molar-refractivity contribution in [3.05, 3.63) is 0 Å². The van der Waals surface area contributed by atoms with Crippen LogP contribution in [-0.2, 0) is 9.59 Å². The lowest BCUT2D eigenvalue weighted by atomic mass is 9.99. The summed E-state index contributed by atoms with van der Waals surface area (Å²) in [6.45, 7) is 5.66. The Balaban J connectivity index is 4.08. The third-order valence-corrected chi connectivity index (χ3v) is 2.48. The molecule has 0 fully saturated rings. The van der Waals surface area contributed by atoms with Crippen LogP contribution in [0.1, 0.15) is 52.9 Å². The zero-order chi connectivity index (χ0) is 13.5. The number of carbonyl (C=O) groups excluding carboxylic acids is 1. The first kappa shape index (κ1) is 15.9. The molecule has 0 saturated heterocycles. The quantitative estimate of drug-likeness (QED) is 0.599. The average molecular weight is 244 g/mol. The topological polar surface area (TPSA) is 92.4 Å². The molecule has 0 radical (unpaired) electrons. The molecule has 0 aromatic carbocycles. The molecule has 4 N–H and O–H groups in total. The number of amides is 1. The van der Waals surface area contributed by atoms with Crippen LogP contribution in [0.4, 0.5) is 0 Å². The Morgan fingerprint density at radius 3 is 2.41 bits per heavy atom. The summed E-state index contributed by atoms with van der Waals surface area (Å²) >= 11 is 0. The summed E-state index contributed by atoms with van der Waals surface area (Å²) in [6.07, 6.45) is 2.98. The van der Waals surface area contributed by atoms with Crippen molar-refractivity contribution in [2.24, 2.45) is 5.73 Å². The molecule has 1 atom stereocenters. The Bertz CT molecular complexity index is 259. The first-order valence-electron chi connectivity index (χ1n) is 6.07. The summed E-state index contributed by atoms with van der Waals surface area (Å²) < 4.78 is 0. The lowest BCUT2D eigenvalue weighted by Gasteiger charge is -2.19. The van der Waals surface area contributed by atoms with Crippen LogP contribution < -0.4 is 11.1 Å². The summed E-state index contributed by atoms with van der Waals surface area (Å²) in [5.74, 6) is -1.22. The largest absolute Gasteiger partial charge is 0.480 e. The molecule has 0 aromatic rings. The van der Waals surface area contributed by atoms with Gasteiger partial charge in [-0.05, 0) is 26.7 Å². The van der Waals surface area contributed by atoms with Crippen molar-refractivity contribution in [2.45, 2.75) is 64.5 Å². The molecule has 5 nitrogen and oxygen atoms in total. The number of carboxylic acid groups (broad SMARTS) is 1. The minimum atomic E-state index is -0.973. The van der Waals surface area contributed by atoms with Gasteiger partial charge in [0.05, 0.1) is 0 Å². The summed E-state index contributed by atoms with van der Waals surface area (Å²) in [5, 5.41) is 11.5. The molecule has 0 saturated carbocycles. The fourth-order valence-corrected chi connectivity index (χ4v) is 1.37. The molecular formula is C12H24N2O3. The number of hydrogen-bond acceptors (Lipinski definition) is 3. The molecule has 0 aliphatic rings. The summed E-state index contributed by atoms with van der Waals surface area (Å²) in [6, 6.07) is -0.775. The standard InChI is InChI=1S/C12H24N2O3/c1-4-5-6-9(11(16)17)14-10(15)7-8-12(2,3)13/h9H,4-8,13H2,1-3H3,(H,14,15)(H,16,17)/t9-/m0/s1. The van der Waals surface area contributed by atoms with Gasteiger partial charge in [-0.25, -0.2) is 4.79 Å². The van der Waals surface area contributed by atoms with E-state index in [9.17, 15) is 9.59 Å². The molecule has 100 valence electrons. The molecule has 0 aliphatic heterocycles. The van der Waals surface area contributed by atoms with E-state index in [1.54, 1.807) is 0 Å². The van der Waals surface area contributed by atoms with E-state index in [1.165, 1.54) is 0 Å². The molecule has 17 heavy (non-hydrogen) atoms. The Morgan fingerprint density at radius 2 is 2.00 bits per heavy atom. The van der Waals surface area contributed by atoms with E-state index in [1.807, 2.05) is 20.8 Å². The third kappa shape index (κ3) is 8.68. The average Bonchev–Trinajstić information content (AvgIpc) is 2.19. The van der Waals surface area contributed by atoms with Gasteiger partial charge in [-0.3, -0.25) is 4.79 Å². The van der Waals surface area contributed by atoms with Gasteiger partial charge >= 0.3 is 5.97 Å². The SMILES string of the molecule is CCCC[C@H](NC(=O)CCC(C)(C)N)C(=O)O. The van der Waals surface area contributed by atoms with E-state index in [0.717, 1.165) is 12.8 Å². The first-order chi connectivity index (χ1) is 7.76. The molecule has 0 rings (SSSR count). The normalized spacial score (nSPS) is 13.2. The summed E-state index contributed by atoms with van der Waals surface area (Å²) in [7, 11) is 0. The predicted molar refractivity (Wildman–Crippen MR) is 66.6 cm³/mol. The van der Waals surface area contributed by atoms with Crippen LogP contribution in [0.5, 0.6) is 0 Å². The van der Waals surface area contributed by atoms with E-state index in [4.69, 9.17) is 10.8 Å². The maximum absolute atomic E-state index is 11.5. The van der Waals surface area contributed by atoms with Gasteiger partial charge in [-0.2, -0.15) is 0 Å². The van der Waals surface area contributed by atoms with Crippen LogP contribution in [0, 0.1) is 0 Å². The molecule has 1 amide bonds. The molecule has 0 unspecified atom stereocenters. The van der Waals surface area contributed by atoms with E-state index >= 15 is 0 Å². The molecule has 0 aromatic heterocycles. The van der Waals surface area contributed by atoms with Gasteiger partial charge in [0.2, 0.25) is 5.91 Å². The number of unbranched alkanes of at least 4 members (excludes halogenated alkanes) is 1. The van der Waals surface area contributed by atoms with Crippen molar-refractivity contribution in [1.82, 2.24) is 5.32 Å². The van der Waals surface area contributed by atoms with Gasteiger partial charge in [0, 0.05) is 12.0 Å². The molecule has 0 aliphatic carbocycles. The predicted octanol–water partition coefficient (Wildman–Crippen LogP) is 1.26. The Morgan fingerprint density at radius 1 is 1.41 bits per heavy atom. The lowest BCUT2D eigenvalue weighted by Crippen LogP contribution is -2.42. The van der Waals surface area contributed by atoms with E-state index in [0.29, 0.717) is 12.8 Å². The second-order valence-electron chi connectivity index (χ2n) is 5.09. The molecular weight excluding hydrogens is 220 g/mol.